The smallest absolute Gasteiger partial charge is 0.224 e. The van der Waals surface area contributed by atoms with Crippen LogP contribution >= 0.6 is 0 Å². The maximum Gasteiger partial charge on any atom is 0.224 e. The molecule has 2 aliphatic rings. The first-order chi connectivity index (χ1) is 19.8. The van der Waals surface area contributed by atoms with Gasteiger partial charge in [0.25, 0.3) is 0 Å². The predicted octanol–water partition coefficient (Wildman–Crippen LogP) is 5.76. The molecule has 4 N–H and O–H groups in total. The molecule has 0 atom stereocenters. The summed E-state index contributed by atoms with van der Waals surface area (Å²) in [7, 11) is 0. The fourth-order valence-corrected chi connectivity index (χ4v) is 5.32. The highest BCUT2D eigenvalue weighted by Gasteiger charge is 2.18. The van der Waals surface area contributed by atoms with Gasteiger partial charge in [0.15, 0.2) is 0 Å². The Morgan fingerprint density at radius 1 is 0.950 bits per heavy atom. The highest BCUT2D eigenvalue weighted by Crippen LogP contribution is 2.25. The van der Waals surface area contributed by atoms with Gasteiger partial charge in [-0.25, -0.2) is 9.97 Å². The van der Waals surface area contributed by atoms with Crippen molar-refractivity contribution in [3.05, 3.63) is 71.5 Å². The van der Waals surface area contributed by atoms with E-state index in [0.29, 0.717) is 23.1 Å². The molecule has 8 nitrogen and oxygen atoms in total. The van der Waals surface area contributed by atoms with Crippen molar-refractivity contribution in [3.8, 4) is 0 Å². The summed E-state index contributed by atoms with van der Waals surface area (Å²) < 4.78 is 0. The number of pyridine rings is 1. The van der Waals surface area contributed by atoms with Crippen LogP contribution in [0.2, 0.25) is 0 Å². The predicted molar refractivity (Wildman–Crippen MR) is 167 cm³/mol. The zero-order valence-corrected chi connectivity index (χ0v) is 24.3. The van der Waals surface area contributed by atoms with Crippen LogP contribution in [0.1, 0.15) is 69.1 Å². The lowest BCUT2D eigenvalue weighted by Crippen LogP contribution is -2.43. The van der Waals surface area contributed by atoms with Crippen LogP contribution in [-0.2, 0) is 6.42 Å². The van der Waals surface area contributed by atoms with Gasteiger partial charge in [-0.3, -0.25) is 5.41 Å². The summed E-state index contributed by atoms with van der Waals surface area (Å²) in [6, 6.07) is 14.6. The quantitative estimate of drug-likeness (QED) is 0.180. The monoisotopic (exact) mass is 542 g/mol. The molecule has 1 aliphatic heterocycles. The van der Waals surface area contributed by atoms with E-state index >= 15 is 0 Å². The Morgan fingerprint density at radius 2 is 1.73 bits per heavy atom. The van der Waals surface area contributed by atoms with Gasteiger partial charge in [-0.1, -0.05) is 63.4 Å². The van der Waals surface area contributed by atoms with Gasteiger partial charge in [0.1, 0.15) is 11.6 Å². The van der Waals surface area contributed by atoms with Gasteiger partial charge < -0.3 is 20.9 Å². The number of aromatic nitrogens is 3. The summed E-state index contributed by atoms with van der Waals surface area (Å²) in [5.41, 5.74) is 3.22. The highest BCUT2D eigenvalue weighted by atomic mass is 15.2. The van der Waals surface area contributed by atoms with E-state index in [0.717, 1.165) is 69.3 Å². The molecule has 2 fully saturated rings. The summed E-state index contributed by atoms with van der Waals surface area (Å²) in [5.74, 6) is 2.95. The first kappa shape index (κ1) is 29.5. The molecule has 40 heavy (non-hydrogen) atoms. The number of aryl methyl sites for hydroxylation is 1. The lowest BCUT2D eigenvalue weighted by Gasteiger charge is -2.28. The Bertz CT molecular complexity index is 1150. The van der Waals surface area contributed by atoms with E-state index in [1.807, 2.05) is 32.0 Å². The van der Waals surface area contributed by atoms with Crippen molar-refractivity contribution < 1.29 is 0 Å². The summed E-state index contributed by atoms with van der Waals surface area (Å²) in [5, 5.41) is 19.3. The Kier molecular flexibility index (Phi) is 11.7. The van der Waals surface area contributed by atoms with Crippen molar-refractivity contribution >= 4 is 23.3 Å². The molecular formula is C32H46N8. The number of rotatable bonds is 11. The van der Waals surface area contributed by atoms with Crippen LogP contribution in [0.15, 0.2) is 54.9 Å². The number of nitrogens with zero attached hydrogens (tertiary/aromatic N) is 4. The number of hydrogen-bond donors (Lipinski definition) is 4. The SMILES string of the molecule is CC.N=C(c1ccc(N2CCNCC2)nc1)c1cnc(NCCCc2ccccc2)nc1NCC1CCCCC1. The van der Waals surface area contributed by atoms with E-state index in [2.05, 4.69) is 55.1 Å². The second kappa shape index (κ2) is 15.9. The third-order valence-electron chi connectivity index (χ3n) is 7.59. The van der Waals surface area contributed by atoms with E-state index in [4.69, 9.17) is 10.4 Å². The molecule has 1 saturated heterocycles. The largest absolute Gasteiger partial charge is 0.369 e. The maximum absolute atomic E-state index is 8.98. The van der Waals surface area contributed by atoms with E-state index < -0.39 is 0 Å². The second-order valence-electron chi connectivity index (χ2n) is 10.4. The molecule has 0 radical (unpaired) electrons. The minimum atomic E-state index is 0.395. The van der Waals surface area contributed by atoms with Gasteiger partial charge >= 0.3 is 0 Å². The molecule has 0 spiro atoms. The fourth-order valence-electron chi connectivity index (χ4n) is 5.32. The fraction of sp³-hybridized carbons (Fsp3) is 0.500. The first-order valence-electron chi connectivity index (χ1n) is 15.2. The lowest BCUT2D eigenvalue weighted by molar-refractivity contribution is 0.373. The Morgan fingerprint density at radius 3 is 2.45 bits per heavy atom. The van der Waals surface area contributed by atoms with E-state index in [1.54, 1.807) is 12.4 Å². The molecule has 0 bridgehead atoms. The molecule has 2 aromatic heterocycles. The summed E-state index contributed by atoms with van der Waals surface area (Å²) in [6.45, 7) is 9.52. The van der Waals surface area contributed by atoms with Crippen molar-refractivity contribution in [2.24, 2.45) is 5.92 Å². The van der Waals surface area contributed by atoms with Gasteiger partial charge in [0.2, 0.25) is 5.95 Å². The number of benzene rings is 1. The van der Waals surface area contributed by atoms with Crippen LogP contribution in [0.5, 0.6) is 0 Å². The van der Waals surface area contributed by atoms with Crippen LogP contribution in [-0.4, -0.2) is 59.9 Å². The summed E-state index contributed by atoms with van der Waals surface area (Å²) >= 11 is 0. The van der Waals surface area contributed by atoms with Crippen LogP contribution in [0, 0.1) is 11.3 Å². The minimum absolute atomic E-state index is 0.395. The number of anilines is 3. The summed E-state index contributed by atoms with van der Waals surface area (Å²) in [6.07, 6.45) is 12.1. The van der Waals surface area contributed by atoms with Gasteiger partial charge in [-0.05, 0) is 49.3 Å². The molecule has 1 saturated carbocycles. The minimum Gasteiger partial charge on any atom is -0.369 e. The van der Waals surface area contributed by atoms with Crippen LogP contribution in [0.3, 0.4) is 0 Å². The zero-order chi connectivity index (χ0) is 28.0. The van der Waals surface area contributed by atoms with E-state index in [-0.39, 0.29) is 0 Å². The molecule has 214 valence electrons. The molecule has 1 aromatic carbocycles. The summed E-state index contributed by atoms with van der Waals surface area (Å²) in [4.78, 5) is 16.4. The van der Waals surface area contributed by atoms with Crippen molar-refractivity contribution in [3.63, 3.8) is 0 Å². The van der Waals surface area contributed by atoms with Crippen LogP contribution in [0.25, 0.3) is 0 Å². The third-order valence-corrected chi connectivity index (χ3v) is 7.59. The molecule has 0 amide bonds. The third kappa shape index (κ3) is 8.49. The van der Waals surface area contributed by atoms with Crippen molar-refractivity contribution in [1.82, 2.24) is 20.3 Å². The Hall–Kier alpha value is -3.52. The average molecular weight is 543 g/mol. The van der Waals surface area contributed by atoms with E-state index in [1.165, 1.54) is 37.7 Å². The van der Waals surface area contributed by atoms with Crippen molar-refractivity contribution in [1.29, 1.82) is 5.41 Å². The zero-order valence-electron chi connectivity index (χ0n) is 24.3. The Balaban J connectivity index is 0.00000181. The van der Waals surface area contributed by atoms with Crippen molar-refractivity contribution in [2.45, 2.75) is 58.8 Å². The van der Waals surface area contributed by atoms with Crippen molar-refractivity contribution in [2.75, 3.05) is 54.8 Å². The number of hydrogen-bond acceptors (Lipinski definition) is 8. The second-order valence-corrected chi connectivity index (χ2v) is 10.4. The van der Waals surface area contributed by atoms with Gasteiger partial charge in [-0.15, -0.1) is 0 Å². The molecule has 5 rings (SSSR count). The molecule has 3 aromatic rings. The molecule has 3 heterocycles. The highest BCUT2D eigenvalue weighted by molar-refractivity contribution is 6.13. The molecule has 1 aliphatic carbocycles. The molecular weight excluding hydrogens is 496 g/mol. The lowest BCUT2D eigenvalue weighted by atomic mass is 9.89. The number of piperazine rings is 1. The normalized spacial score (nSPS) is 15.6. The maximum atomic E-state index is 8.98. The van der Waals surface area contributed by atoms with Gasteiger partial charge in [-0.2, -0.15) is 4.98 Å². The molecule has 0 unspecified atom stereocenters. The number of nitrogens with one attached hydrogen (secondary N) is 4. The van der Waals surface area contributed by atoms with Crippen LogP contribution in [0.4, 0.5) is 17.6 Å². The Labute approximate surface area is 239 Å². The van der Waals surface area contributed by atoms with Gasteiger partial charge in [0, 0.05) is 57.2 Å². The first-order valence-corrected chi connectivity index (χ1v) is 15.2. The molecule has 8 heteroatoms. The van der Waals surface area contributed by atoms with Gasteiger partial charge in [0.05, 0.1) is 11.3 Å². The van der Waals surface area contributed by atoms with Crippen LogP contribution < -0.4 is 20.9 Å². The topological polar surface area (TPSA) is 102 Å². The van der Waals surface area contributed by atoms with E-state index in [9.17, 15) is 0 Å². The average Bonchev–Trinajstić information content (AvgIpc) is 3.04. The standard InChI is InChI=1S/C30H40N8.C2H6/c31-28(25-13-14-27(34-21-25)38-18-16-32-17-19-38)26-22-36-30(33-15-7-12-23-8-3-1-4-9-23)37-29(26)35-20-24-10-5-2-6-11-24;1-2/h1,3-4,8-9,13-14,21-22,24,31-32H,2,5-7,10-12,15-20H2,(H2,33,35,36,37);1-2H3.